The van der Waals surface area contributed by atoms with Crippen molar-refractivity contribution >= 4 is 23.3 Å². The van der Waals surface area contributed by atoms with Crippen molar-refractivity contribution in [2.45, 2.75) is 20.8 Å². The second kappa shape index (κ2) is 12.1. The van der Waals surface area contributed by atoms with Gasteiger partial charge in [-0.25, -0.2) is 4.79 Å². The minimum absolute atomic E-state index is 0.0554. The molecule has 1 amide bonds. The molecule has 178 valence electrons. The van der Waals surface area contributed by atoms with E-state index in [4.69, 9.17) is 23.7 Å². The number of methoxy groups -OCH3 is 1. The van der Waals surface area contributed by atoms with Gasteiger partial charge in [0, 0.05) is 0 Å². The van der Waals surface area contributed by atoms with Crippen LogP contribution in [-0.4, -0.2) is 50.3 Å². The number of carbonyl (C=O) groups is 2. The van der Waals surface area contributed by atoms with Crippen LogP contribution >= 0.6 is 0 Å². The highest BCUT2D eigenvalue weighted by Gasteiger charge is 2.21. The third-order valence-electron chi connectivity index (χ3n) is 4.15. The number of rotatable bonds is 12. The van der Waals surface area contributed by atoms with Crippen LogP contribution < -0.4 is 24.3 Å². The molecule has 2 aromatic rings. The lowest BCUT2D eigenvalue weighted by Gasteiger charge is -2.16. The van der Waals surface area contributed by atoms with E-state index in [1.54, 1.807) is 20.8 Å². The third kappa shape index (κ3) is 6.73. The average Bonchev–Trinajstić information content (AvgIpc) is 2.79. The molecule has 0 spiro atoms. The van der Waals surface area contributed by atoms with Gasteiger partial charge < -0.3 is 29.0 Å². The van der Waals surface area contributed by atoms with Gasteiger partial charge >= 0.3 is 5.97 Å². The van der Waals surface area contributed by atoms with E-state index in [1.165, 1.54) is 37.4 Å². The lowest BCUT2D eigenvalue weighted by atomic mass is 10.2. The van der Waals surface area contributed by atoms with Crippen molar-refractivity contribution in [3.63, 3.8) is 0 Å². The van der Waals surface area contributed by atoms with E-state index in [9.17, 15) is 19.7 Å². The van der Waals surface area contributed by atoms with Crippen LogP contribution in [0.15, 0.2) is 30.3 Å². The number of esters is 1. The Bertz CT molecular complexity index is 980. The summed E-state index contributed by atoms with van der Waals surface area (Å²) in [6.45, 7) is 5.72. The summed E-state index contributed by atoms with van der Waals surface area (Å²) in [4.78, 5) is 35.4. The second-order valence-corrected chi connectivity index (χ2v) is 6.37. The van der Waals surface area contributed by atoms with Crippen LogP contribution in [0, 0.1) is 10.1 Å². The second-order valence-electron chi connectivity index (χ2n) is 6.37. The van der Waals surface area contributed by atoms with Crippen molar-refractivity contribution in [1.82, 2.24) is 0 Å². The Kier molecular flexibility index (Phi) is 9.28. The van der Waals surface area contributed by atoms with E-state index >= 15 is 0 Å². The number of nitro benzene ring substituents is 1. The van der Waals surface area contributed by atoms with Crippen molar-refractivity contribution in [2.24, 2.45) is 0 Å². The standard InChI is InChI=1S/C22H26N2O9/c1-5-30-18-10-14(11-19(31-6-2)21(18)32-7-3)22(26)33-13-20(25)23-16-9-8-15(29-4)12-17(16)24(27)28/h8-12H,5-7,13H2,1-4H3,(H,23,25). The van der Waals surface area contributed by atoms with Crippen molar-refractivity contribution < 1.29 is 38.2 Å². The molecule has 0 aliphatic carbocycles. The van der Waals surface area contributed by atoms with Crippen molar-refractivity contribution in [1.29, 1.82) is 0 Å². The van der Waals surface area contributed by atoms with Crippen LogP contribution in [0.3, 0.4) is 0 Å². The first-order valence-corrected chi connectivity index (χ1v) is 10.2. The SMILES string of the molecule is CCOc1cc(C(=O)OCC(=O)Nc2ccc(OC)cc2[N+](=O)[O-])cc(OCC)c1OCC. The maximum atomic E-state index is 12.6. The highest BCUT2D eigenvalue weighted by Crippen LogP contribution is 2.39. The van der Waals surface area contributed by atoms with Gasteiger partial charge in [-0.3, -0.25) is 14.9 Å². The first-order chi connectivity index (χ1) is 15.8. The van der Waals surface area contributed by atoms with E-state index in [0.29, 0.717) is 37.1 Å². The molecule has 1 N–H and O–H groups in total. The number of carbonyl (C=O) groups excluding carboxylic acids is 2. The first-order valence-electron chi connectivity index (χ1n) is 10.2. The molecule has 0 saturated heterocycles. The molecular weight excluding hydrogens is 436 g/mol. The van der Waals surface area contributed by atoms with E-state index in [2.05, 4.69) is 5.32 Å². The minimum Gasteiger partial charge on any atom is -0.496 e. The van der Waals surface area contributed by atoms with Gasteiger partial charge in [-0.2, -0.15) is 0 Å². The molecule has 0 aliphatic heterocycles. The minimum atomic E-state index is -0.806. The van der Waals surface area contributed by atoms with Crippen LogP contribution in [0.1, 0.15) is 31.1 Å². The molecular formula is C22H26N2O9. The summed E-state index contributed by atoms with van der Waals surface area (Å²) in [6.07, 6.45) is 0. The lowest BCUT2D eigenvalue weighted by Crippen LogP contribution is -2.21. The molecule has 0 radical (unpaired) electrons. The molecule has 0 fully saturated rings. The van der Waals surface area contributed by atoms with Gasteiger partial charge in [-0.15, -0.1) is 0 Å². The van der Waals surface area contributed by atoms with Crippen molar-refractivity contribution in [3.05, 3.63) is 46.0 Å². The van der Waals surface area contributed by atoms with Crippen LogP contribution in [0.25, 0.3) is 0 Å². The zero-order valence-electron chi connectivity index (χ0n) is 18.8. The summed E-state index contributed by atoms with van der Waals surface area (Å²) in [6, 6.07) is 6.83. The Labute approximate surface area is 190 Å². The average molecular weight is 462 g/mol. The van der Waals surface area contributed by atoms with Gasteiger partial charge in [0.15, 0.2) is 18.1 Å². The lowest BCUT2D eigenvalue weighted by molar-refractivity contribution is -0.384. The number of hydrogen-bond donors (Lipinski definition) is 1. The largest absolute Gasteiger partial charge is 0.496 e. The Morgan fingerprint density at radius 1 is 0.970 bits per heavy atom. The predicted octanol–water partition coefficient (Wildman–Crippen LogP) is 3.60. The summed E-state index contributed by atoms with van der Waals surface area (Å²) in [5.41, 5.74) is -0.322. The summed E-state index contributed by atoms with van der Waals surface area (Å²) in [7, 11) is 1.37. The zero-order chi connectivity index (χ0) is 24.4. The van der Waals surface area contributed by atoms with Crippen molar-refractivity contribution in [2.75, 3.05) is 38.9 Å². The highest BCUT2D eigenvalue weighted by molar-refractivity contribution is 5.97. The Hall–Kier alpha value is -4.02. The monoisotopic (exact) mass is 462 g/mol. The number of nitrogens with zero attached hydrogens (tertiary/aromatic N) is 1. The van der Waals surface area contributed by atoms with Gasteiger partial charge in [-0.1, -0.05) is 0 Å². The molecule has 2 aromatic carbocycles. The van der Waals surface area contributed by atoms with Crippen LogP contribution in [-0.2, 0) is 9.53 Å². The Balaban J connectivity index is 2.15. The first kappa shape index (κ1) is 25.2. The number of benzene rings is 2. The normalized spacial score (nSPS) is 10.2. The van der Waals surface area contributed by atoms with Gasteiger partial charge in [0.1, 0.15) is 11.4 Å². The fourth-order valence-corrected chi connectivity index (χ4v) is 2.80. The van der Waals surface area contributed by atoms with Crippen LogP contribution in [0.5, 0.6) is 23.0 Å². The van der Waals surface area contributed by atoms with Gasteiger partial charge in [0.25, 0.3) is 11.6 Å². The Morgan fingerprint density at radius 2 is 1.58 bits per heavy atom. The Morgan fingerprint density at radius 3 is 2.09 bits per heavy atom. The van der Waals surface area contributed by atoms with E-state index in [0.717, 1.165) is 0 Å². The van der Waals surface area contributed by atoms with Crippen LogP contribution in [0.4, 0.5) is 11.4 Å². The molecule has 0 aliphatic rings. The fourth-order valence-electron chi connectivity index (χ4n) is 2.80. The molecule has 11 nitrogen and oxygen atoms in total. The number of ether oxygens (including phenoxy) is 5. The maximum absolute atomic E-state index is 12.6. The zero-order valence-corrected chi connectivity index (χ0v) is 18.8. The summed E-state index contributed by atoms with van der Waals surface area (Å²) < 4.78 is 26.7. The van der Waals surface area contributed by atoms with E-state index in [-0.39, 0.29) is 22.7 Å². The topological polar surface area (TPSA) is 135 Å². The number of hydrogen-bond acceptors (Lipinski definition) is 9. The fraction of sp³-hybridized carbons (Fsp3) is 0.364. The molecule has 0 atom stereocenters. The molecule has 0 heterocycles. The van der Waals surface area contributed by atoms with Gasteiger partial charge in [-0.05, 0) is 45.0 Å². The molecule has 11 heteroatoms. The molecule has 0 aromatic heterocycles. The highest BCUT2D eigenvalue weighted by atomic mass is 16.6. The summed E-state index contributed by atoms with van der Waals surface area (Å²) >= 11 is 0. The third-order valence-corrected chi connectivity index (χ3v) is 4.15. The molecule has 0 bridgehead atoms. The number of anilines is 1. The molecule has 0 saturated carbocycles. The number of nitro groups is 1. The van der Waals surface area contributed by atoms with Gasteiger partial charge in [0.05, 0.1) is 43.5 Å². The molecule has 0 unspecified atom stereocenters. The maximum Gasteiger partial charge on any atom is 0.338 e. The smallest absolute Gasteiger partial charge is 0.338 e. The van der Waals surface area contributed by atoms with Gasteiger partial charge in [0.2, 0.25) is 5.75 Å². The molecule has 2 rings (SSSR count). The quantitative estimate of drug-likeness (QED) is 0.285. The van der Waals surface area contributed by atoms with E-state index in [1.807, 2.05) is 0 Å². The van der Waals surface area contributed by atoms with E-state index < -0.39 is 23.4 Å². The molecule has 33 heavy (non-hydrogen) atoms. The summed E-state index contributed by atoms with van der Waals surface area (Å²) in [5.74, 6) is -0.331. The summed E-state index contributed by atoms with van der Waals surface area (Å²) in [5, 5.41) is 13.6. The number of nitrogens with one attached hydrogen (secondary N) is 1. The van der Waals surface area contributed by atoms with Crippen LogP contribution in [0.2, 0.25) is 0 Å². The van der Waals surface area contributed by atoms with Crippen molar-refractivity contribution in [3.8, 4) is 23.0 Å². The predicted molar refractivity (Wildman–Crippen MR) is 119 cm³/mol. The number of amides is 1.